The van der Waals surface area contributed by atoms with Crippen molar-refractivity contribution in [2.45, 2.75) is 25.4 Å². The van der Waals surface area contributed by atoms with Gasteiger partial charge < -0.3 is 15.1 Å². The van der Waals surface area contributed by atoms with E-state index >= 15 is 0 Å². The Morgan fingerprint density at radius 3 is 2.80 bits per heavy atom. The topological polar surface area (TPSA) is 111 Å². The lowest BCUT2D eigenvalue weighted by Crippen LogP contribution is -2.39. The average Bonchev–Trinajstić information content (AvgIpc) is 3.54. The summed E-state index contributed by atoms with van der Waals surface area (Å²) < 4.78 is 4.90. The summed E-state index contributed by atoms with van der Waals surface area (Å²) in [4.78, 5) is 37.7. The van der Waals surface area contributed by atoms with Crippen LogP contribution in [-0.4, -0.2) is 61.8 Å². The fourth-order valence-corrected chi connectivity index (χ4v) is 4.55. The summed E-state index contributed by atoms with van der Waals surface area (Å²) in [5, 5.41) is 11.6. The van der Waals surface area contributed by atoms with Gasteiger partial charge in [-0.3, -0.25) is 14.3 Å². The quantitative estimate of drug-likeness (QED) is 0.335. The maximum atomic E-state index is 13.3. The first-order valence-electron chi connectivity index (χ1n) is 11.3. The van der Waals surface area contributed by atoms with Crippen LogP contribution in [0, 0.1) is 6.92 Å². The molecule has 11 heteroatoms. The van der Waals surface area contributed by atoms with Gasteiger partial charge in [0.1, 0.15) is 18.5 Å². The third-order valence-corrected chi connectivity index (χ3v) is 6.33. The van der Waals surface area contributed by atoms with E-state index in [-0.39, 0.29) is 23.2 Å². The van der Waals surface area contributed by atoms with Crippen LogP contribution in [0.3, 0.4) is 0 Å². The largest absolute Gasteiger partial charge is 0.399 e. The second kappa shape index (κ2) is 9.09. The molecule has 0 radical (unpaired) electrons. The number of aromatic nitrogens is 5. The number of amides is 1. The molecule has 35 heavy (non-hydrogen) atoms. The van der Waals surface area contributed by atoms with Gasteiger partial charge in [-0.2, -0.15) is 0 Å². The van der Waals surface area contributed by atoms with Crippen LogP contribution in [-0.2, 0) is 11.9 Å². The number of imidazole rings is 1. The van der Waals surface area contributed by atoms with Gasteiger partial charge >= 0.3 is 0 Å². The minimum absolute atomic E-state index is 0.134. The van der Waals surface area contributed by atoms with Crippen LogP contribution in [0.4, 0.5) is 5.82 Å². The van der Waals surface area contributed by atoms with Gasteiger partial charge in [0.25, 0.3) is 11.5 Å². The number of benzene rings is 1. The molecule has 0 spiro atoms. The van der Waals surface area contributed by atoms with Gasteiger partial charge in [-0.25, -0.2) is 14.2 Å². The van der Waals surface area contributed by atoms with Crippen molar-refractivity contribution in [2.24, 2.45) is 12.2 Å². The lowest BCUT2D eigenvalue weighted by Gasteiger charge is -2.22. The van der Waals surface area contributed by atoms with Crippen molar-refractivity contribution in [2.75, 3.05) is 18.6 Å². The van der Waals surface area contributed by atoms with Gasteiger partial charge in [-0.1, -0.05) is 23.4 Å². The minimum atomic E-state index is -0.398. The summed E-state index contributed by atoms with van der Waals surface area (Å²) >= 11 is 0. The van der Waals surface area contributed by atoms with Crippen molar-refractivity contribution >= 4 is 23.6 Å². The van der Waals surface area contributed by atoms with Gasteiger partial charge in [0, 0.05) is 32.0 Å². The van der Waals surface area contributed by atoms with Crippen molar-refractivity contribution in [1.29, 1.82) is 0 Å². The lowest BCUT2D eigenvalue weighted by atomic mass is 10.1. The number of hydrogen-bond acceptors (Lipinski definition) is 7. The van der Waals surface area contributed by atoms with Gasteiger partial charge in [-0.05, 0) is 37.6 Å². The molecule has 0 saturated carbocycles. The zero-order valence-electron chi connectivity index (χ0n) is 19.7. The normalized spacial score (nSPS) is 18.0. The van der Waals surface area contributed by atoms with Crippen LogP contribution >= 0.6 is 0 Å². The van der Waals surface area contributed by atoms with Crippen LogP contribution in [0.25, 0.3) is 11.3 Å². The molecule has 1 aliphatic rings. The van der Waals surface area contributed by atoms with Gasteiger partial charge in [0.05, 0.1) is 23.6 Å². The maximum absolute atomic E-state index is 13.3. The van der Waals surface area contributed by atoms with Crippen molar-refractivity contribution < 1.29 is 9.63 Å². The van der Waals surface area contributed by atoms with E-state index in [4.69, 9.17) is 4.84 Å². The number of anilines is 1. The minimum Gasteiger partial charge on any atom is -0.399 e. The molecule has 1 N–H and O–H groups in total. The third kappa shape index (κ3) is 4.05. The molecular formula is C24H26N8O3. The predicted octanol–water partition coefficient (Wildman–Crippen LogP) is 1.54. The van der Waals surface area contributed by atoms with E-state index in [1.807, 2.05) is 47.4 Å². The molecule has 0 aliphatic carbocycles. The molecule has 4 aromatic rings. The molecule has 1 amide bonds. The molecule has 2 atom stereocenters. The summed E-state index contributed by atoms with van der Waals surface area (Å²) in [5.41, 5.74) is 1.82. The predicted molar refractivity (Wildman–Crippen MR) is 131 cm³/mol. The van der Waals surface area contributed by atoms with Gasteiger partial charge in [0.2, 0.25) is 0 Å². The van der Waals surface area contributed by atoms with Crippen LogP contribution in [0.1, 0.15) is 22.5 Å². The zero-order valence-corrected chi connectivity index (χ0v) is 19.7. The molecule has 1 saturated heterocycles. The number of carbonyl (C=O) groups excluding carboxylic acids is 1. The summed E-state index contributed by atoms with van der Waals surface area (Å²) in [6, 6.07) is 12.7. The number of oxime groups is 1. The fraction of sp³-hybridized carbons (Fsp3) is 0.292. The van der Waals surface area contributed by atoms with E-state index in [1.54, 1.807) is 41.8 Å². The average molecular weight is 475 g/mol. The van der Waals surface area contributed by atoms with E-state index in [0.29, 0.717) is 24.3 Å². The first-order chi connectivity index (χ1) is 17.0. The van der Waals surface area contributed by atoms with Crippen molar-refractivity contribution in [3.05, 3.63) is 76.5 Å². The Morgan fingerprint density at radius 2 is 2.03 bits per heavy atom. The monoisotopic (exact) mass is 474 g/mol. The number of para-hydroxylation sites is 1. The third-order valence-electron chi connectivity index (χ3n) is 6.33. The second-order valence-electron chi connectivity index (χ2n) is 8.42. The van der Waals surface area contributed by atoms with Crippen LogP contribution in [0.15, 0.2) is 64.8 Å². The number of nitrogens with zero attached hydrogens (tertiary/aromatic N) is 7. The lowest BCUT2D eigenvalue weighted by molar-refractivity contribution is 0.0938. The number of fused-ring (bicyclic) bond motifs is 1. The molecule has 180 valence electrons. The van der Waals surface area contributed by atoms with E-state index in [0.717, 1.165) is 11.5 Å². The Labute approximate surface area is 201 Å². The fourth-order valence-electron chi connectivity index (χ4n) is 4.55. The van der Waals surface area contributed by atoms with E-state index in [1.165, 1.54) is 11.8 Å². The van der Waals surface area contributed by atoms with Crippen LogP contribution in [0.2, 0.25) is 0 Å². The first kappa shape index (κ1) is 22.4. The van der Waals surface area contributed by atoms with Gasteiger partial charge in [-0.15, -0.1) is 5.10 Å². The van der Waals surface area contributed by atoms with E-state index in [9.17, 15) is 9.59 Å². The summed E-state index contributed by atoms with van der Waals surface area (Å²) in [7, 11) is 3.26. The Morgan fingerprint density at radius 1 is 1.23 bits per heavy atom. The molecule has 1 fully saturated rings. The highest BCUT2D eigenvalue weighted by Crippen LogP contribution is 2.24. The molecule has 1 aliphatic heterocycles. The Bertz CT molecular complexity index is 1450. The highest BCUT2D eigenvalue weighted by molar-refractivity contribution is 5.95. The molecule has 4 heterocycles. The zero-order chi connectivity index (χ0) is 24.5. The van der Waals surface area contributed by atoms with Crippen molar-refractivity contribution in [3.63, 3.8) is 0 Å². The standard InChI is InChI=1S/C24H26N8O3/c1-16-22(24(34)32(29(16)2)18-7-5-4-6-8-18)23(33)27-17-13-19(14-26-35-3)30(15-17)21-10-9-20-25-11-12-31(20)28-21/h4-12,14,17,19H,13,15H2,1-3H3,(H,27,33)/b26-14+/t17-,19+/m0/s1. The highest BCUT2D eigenvalue weighted by atomic mass is 16.6. The van der Waals surface area contributed by atoms with E-state index in [2.05, 4.69) is 20.6 Å². The number of nitrogens with one attached hydrogen (secondary N) is 1. The van der Waals surface area contributed by atoms with Crippen molar-refractivity contribution in [1.82, 2.24) is 29.3 Å². The van der Waals surface area contributed by atoms with Crippen LogP contribution in [0.5, 0.6) is 0 Å². The van der Waals surface area contributed by atoms with E-state index < -0.39 is 5.91 Å². The Kier molecular flexibility index (Phi) is 5.81. The van der Waals surface area contributed by atoms with Gasteiger partial charge in [0.15, 0.2) is 5.65 Å². The molecule has 1 aromatic carbocycles. The molecule has 11 nitrogen and oxygen atoms in total. The van der Waals surface area contributed by atoms with Crippen LogP contribution < -0.4 is 15.8 Å². The maximum Gasteiger partial charge on any atom is 0.284 e. The Hall–Kier alpha value is -4.41. The number of hydrogen-bond donors (Lipinski definition) is 1. The molecule has 3 aromatic heterocycles. The molecular weight excluding hydrogens is 448 g/mol. The van der Waals surface area contributed by atoms with Crippen molar-refractivity contribution in [3.8, 4) is 5.69 Å². The summed E-state index contributed by atoms with van der Waals surface area (Å²) in [6.07, 6.45) is 5.75. The summed E-state index contributed by atoms with van der Waals surface area (Å²) in [6.45, 7) is 2.27. The summed E-state index contributed by atoms with van der Waals surface area (Å²) in [5.74, 6) is 0.326. The second-order valence-corrected chi connectivity index (χ2v) is 8.42. The smallest absolute Gasteiger partial charge is 0.284 e. The molecule has 5 rings (SSSR count). The molecule has 0 bridgehead atoms. The number of carbonyl (C=O) groups is 1. The SMILES string of the molecule is CO/N=C/[C@H]1C[C@H](NC(=O)c2c(C)n(C)n(-c3ccccc3)c2=O)CN1c1ccc2nccn2n1. The Balaban J connectivity index is 1.41. The first-order valence-corrected chi connectivity index (χ1v) is 11.3. The number of rotatable bonds is 6. The molecule has 0 unspecified atom stereocenters. The highest BCUT2D eigenvalue weighted by Gasteiger charge is 2.34.